The van der Waals surface area contributed by atoms with Gasteiger partial charge in [-0.25, -0.2) is 0 Å². The zero-order valence-electron chi connectivity index (χ0n) is 6.73. The molecule has 0 spiro atoms. The van der Waals surface area contributed by atoms with Crippen LogP contribution in [0.25, 0.3) is 0 Å². The van der Waals surface area contributed by atoms with Crippen LogP contribution < -0.4 is 0 Å². The summed E-state index contributed by atoms with van der Waals surface area (Å²) < 4.78 is 1.71. The lowest BCUT2D eigenvalue weighted by Crippen LogP contribution is -2.02. The summed E-state index contributed by atoms with van der Waals surface area (Å²) in [6.07, 6.45) is 1.78. The van der Waals surface area contributed by atoms with Crippen LogP contribution in [0.4, 0.5) is 0 Å². The molecule has 0 aromatic carbocycles. The van der Waals surface area contributed by atoms with Crippen molar-refractivity contribution in [1.82, 2.24) is 9.78 Å². The van der Waals surface area contributed by atoms with E-state index in [4.69, 9.17) is 5.11 Å². The number of hydrogen-bond donors (Lipinski definition) is 1. The first-order chi connectivity index (χ1) is 5.22. The lowest BCUT2D eigenvalue weighted by Gasteiger charge is -1.91. The first-order valence-corrected chi connectivity index (χ1v) is 3.46. The van der Waals surface area contributed by atoms with Gasteiger partial charge in [-0.1, -0.05) is 0 Å². The zero-order chi connectivity index (χ0) is 8.27. The summed E-state index contributed by atoms with van der Waals surface area (Å²) >= 11 is 0. The molecule has 0 saturated heterocycles. The van der Waals surface area contributed by atoms with Gasteiger partial charge in [0.15, 0.2) is 0 Å². The number of halogens is 1. The number of aryl methyl sites for hydroxylation is 1. The molecule has 0 aliphatic heterocycles. The molecule has 12 heavy (non-hydrogen) atoms. The van der Waals surface area contributed by atoms with Gasteiger partial charge in [0.25, 0.3) is 0 Å². The molecule has 0 aliphatic rings. The lowest BCUT2D eigenvalue weighted by atomic mass is 10.3. The average Bonchev–Trinajstić information content (AvgIpc) is 2.34. The van der Waals surface area contributed by atoms with E-state index in [0.29, 0.717) is 5.69 Å². The Morgan fingerprint density at radius 2 is 2.42 bits per heavy atom. The topological polar surface area (TPSA) is 55.1 Å². The maximum atomic E-state index is 10.2. The highest BCUT2D eigenvalue weighted by Gasteiger charge is 2.02. The van der Waals surface area contributed by atoms with Gasteiger partial charge in [0.1, 0.15) is 0 Å². The molecule has 0 bridgehead atoms. The molecular formula is C7H11ClN2O2. The lowest BCUT2D eigenvalue weighted by molar-refractivity contribution is -0.136. The molecule has 0 amide bonds. The van der Waals surface area contributed by atoms with Gasteiger partial charge in [0, 0.05) is 12.7 Å². The van der Waals surface area contributed by atoms with Crippen LogP contribution in [0.2, 0.25) is 0 Å². The van der Waals surface area contributed by atoms with E-state index in [0.717, 1.165) is 6.54 Å². The van der Waals surface area contributed by atoms with Crippen LogP contribution in [0, 0.1) is 0 Å². The second-order valence-electron chi connectivity index (χ2n) is 2.23. The Bertz CT molecular complexity index is 260. The second-order valence-corrected chi connectivity index (χ2v) is 2.23. The van der Waals surface area contributed by atoms with Crippen molar-refractivity contribution >= 4 is 18.4 Å². The van der Waals surface area contributed by atoms with E-state index in [1.54, 1.807) is 16.9 Å². The van der Waals surface area contributed by atoms with Crippen molar-refractivity contribution in [2.45, 2.75) is 19.9 Å². The second kappa shape index (κ2) is 4.77. The van der Waals surface area contributed by atoms with E-state index < -0.39 is 5.97 Å². The molecule has 4 nitrogen and oxygen atoms in total. The minimum Gasteiger partial charge on any atom is -0.481 e. The first kappa shape index (κ1) is 11.0. The molecule has 1 heterocycles. The number of carboxylic acids is 1. The molecular weight excluding hydrogens is 180 g/mol. The quantitative estimate of drug-likeness (QED) is 0.772. The average molecular weight is 191 g/mol. The summed E-state index contributed by atoms with van der Waals surface area (Å²) in [6, 6.07) is 1.72. The van der Waals surface area contributed by atoms with Crippen LogP contribution in [0.3, 0.4) is 0 Å². The van der Waals surface area contributed by atoms with E-state index in [-0.39, 0.29) is 18.8 Å². The molecule has 0 unspecified atom stereocenters. The number of aliphatic carboxylic acids is 1. The maximum absolute atomic E-state index is 10.2. The smallest absolute Gasteiger partial charge is 0.309 e. The maximum Gasteiger partial charge on any atom is 0.309 e. The Kier molecular flexibility index (Phi) is 4.36. The Balaban J connectivity index is 0.00000121. The van der Waals surface area contributed by atoms with Gasteiger partial charge in [-0.05, 0) is 13.0 Å². The van der Waals surface area contributed by atoms with Crippen LogP contribution in [0.15, 0.2) is 12.3 Å². The van der Waals surface area contributed by atoms with Crippen LogP contribution in [0.1, 0.15) is 12.6 Å². The van der Waals surface area contributed by atoms with Gasteiger partial charge >= 0.3 is 5.97 Å². The normalized spacial score (nSPS) is 9.08. The molecule has 1 rings (SSSR count). The fourth-order valence-corrected chi connectivity index (χ4v) is 0.829. The van der Waals surface area contributed by atoms with E-state index in [1.165, 1.54) is 0 Å². The fraction of sp³-hybridized carbons (Fsp3) is 0.429. The third-order valence-electron chi connectivity index (χ3n) is 1.35. The van der Waals surface area contributed by atoms with Gasteiger partial charge < -0.3 is 5.11 Å². The SMILES string of the molecule is CCn1ccc(CC(=O)O)n1.Cl. The van der Waals surface area contributed by atoms with E-state index >= 15 is 0 Å². The largest absolute Gasteiger partial charge is 0.481 e. The molecule has 0 saturated carbocycles. The minimum atomic E-state index is -0.841. The standard InChI is InChI=1S/C7H10N2O2.ClH/c1-2-9-4-3-6(8-9)5-7(10)11;/h3-4H,2,5H2,1H3,(H,10,11);1H. The van der Waals surface area contributed by atoms with E-state index in [2.05, 4.69) is 5.10 Å². The van der Waals surface area contributed by atoms with Crippen LogP contribution in [-0.4, -0.2) is 20.9 Å². The molecule has 1 aromatic heterocycles. The van der Waals surface area contributed by atoms with Crippen molar-refractivity contribution < 1.29 is 9.90 Å². The van der Waals surface area contributed by atoms with Crippen LogP contribution in [0.5, 0.6) is 0 Å². The van der Waals surface area contributed by atoms with Gasteiger partial charge in [-0.15, -0.1) is 12.4 Å². The fourth-order valence-electron chi connectivity index (χ4n) is 0.829. The number of carbonyl (C=O) groups is 1. The van der Waals surface area contributed by atoms with Gasteiger partial charge in [0.05, 0.1) is 12.1 Å². The predicted molar refractivity (Wildman–Crippen MR) is 46.5 cm³/mol. The molecule has 0 aliphatic carbocycles. The highest BCUT2D eigenvalue weighted by molar-refractivity contribution is 5.85. The van der Waals surface area contributed by atoms with Gasteiger partial charge in [-0.2, -0.15) is 5.10 Å². The monoisotopic (exact) mass is 190 g/mol. The summed E-state index contributed by atoms with van der Waals surface area (Å²) in [5.74, 6) is -0.841. The zero-order valence-corrected chi connectivity index (χ0v) is 7.54. The van der Waals surface area contributed by atoms with Gasteiger partial charge in [-0.3, -0.25) is 9.48 Å². The Morgan fingerprint density at radius 1 is 1.75 bits per heavy atom. The molecule has 1 N–H and O–H groups in total. The Labute approximate surface area is 76.6 Å². The number of hydrogen-bond acceptors (Lipinski definition) is 2. The van der Waals surface area contributed by atoms with Crippen molar-refractivity contribution in [3.8, 4) is 0 Å². The number of nitrogens with zero attached hydrogens (tertiary/aromatic N) is 2. The highest BCUT2D eigenvalue weighted by atomic mass is 35.5. The van der Waals surface area contributed by atoms with Crippen molar-refractivity contribution in [3.63, 3.8) is 0 Å². The van der Waals surface area contributed by atoms with Crippen molar-refractivity contribution in [2.24, 2.45) is 0 Å². The Morgan fingerprint density at radius 3 is 2.83 bits per heavy atom. The molecule has 1 aromatic rings. The predicted octanol–water partition coefficient (Wildman–Crippen LogP) is 0.952. The molecule has 0 atom stereocenters. The van der Waals surface area contributed by atoms with E-state index in [9.17, 15) is 4.79 Å². The van der Waals surface area contributed by atoms with Gasteiger partial charge in [0.2, 0.25) is 0 Å². The van der Waals surface area contributed by atoms with Crippen LogP contribution >= 0.6 is 12.4 Å². The van der Waals surface area contributed by atoms with Crippen LogP contribution in [-0.2, 0) is 17.8 Å². The molecule has 5 heteroatoms. The minimum absolute atomic E-state index is 0. The highest BCUT2D eigenvalue weighted by Crippen LogP contribution is 1.96. The summed E-state index contributed by atoms with van der Waals surface area (Å²) in [5.41, 5.74) is 0.611. The van der Waals surface area contributed by atoms with Crippen molar-refractivity contribution in [3.05, 3.63) is 18.0 Å². The number of aromatic nitrogens is 2. The van der Waals surface area contributed by atoms with E-state index in [1.807, 2.05) is 6.92 Å². The molecule has 0 fully saturated rings. The third-order valence-corrected chi connectivity index (χ3v) is 1.35. The molecule has 0 radical (unpaired) electrons. The molecule has 68 valence electrons. The first-order valence-electron chi connectivity index (χ1n) is 3.46. The number of carboxylic acid groups (broad SMARTS) is 1. The summed E-state index contributed by atoms with van der Waals surface area (Å²) in [6.45, 7) is 2.73. The van der Waals surface area contributed by atoms with Crippen molar-refractivity contribution in [1.29, 1.82) is 0 Å². The summed E-state index contributed by atoms with van der Waals surface area (Å²) in [4.78, 5) is 10.2. The summed E-state index contributed by atoms with van der Waals surface area (Å²) in [5, 5.41) is 12.4. The Hall–Kier alpha value is -1.03. The van der Waals surface area contributed by atoms with Crippen molar-refractivity contribution in [2.75, 3.05) is 0 Å². The summed E-state index contributed by atoms with van der Waals surface area (Å²) in [7, 11) is 0. The number of rotatable bonds is 3. The third kappa shape index (κ3) is 2.92.